The van der Waals surface area contributed by atoms with E-state index in [1.807, 2.05) is 6.07 Å². The summed E-state index contributed by atoms with van der Waals surface area (Å²) in [7, 11) is 0. The summed E-state index contributed by atoms with van der Waals surface area (Å²) in [6, 6.07) is 10.4. The van der Waals surface area contributed by atoms with Gasteiger partial charge < -0.3 is 5.73 Å². The molecule has 3 nitrogen and oxygen atoms in total. The summed E-state index contributed by atoms with van der Waals surface area (Å²) in [5, 5.41) is 0.790. The Bertz CT molecular complexity index is 598. The fourth-order valence-electron chi connectivity index (χ4n) is 3.26. The Hall–Kier alpha value is -1.55. The molecule has 0 spiro atoms. The number of thioether (sulfide) groups is 1. The molecule has 0 saturated heterocycles. The Morgan fingerprint density at radius 1 is 1.09 bits per heavy atom. The number of benzene rings is 1. The first-order chi connectivity index (χ1) is 10.7. The van der Waals surface area contributed by atoms with Gasteiger partial charge in [0.25, 0.3) is 0 Å². The normalized spacial score (nSPS) is 15.9. The molecule has 4 heteroatoms. The van der Waals surface area contributed by atoms with E-state index in [2.05, 4.69) is 36.2 Å². The van der Waals surface area contributed by atoms with E-state index >= 15 is 0 Å². The maximum absolute atomic E-state index is 6.26. The van der Waals surface area contributed by atoms with Gasteiger partial charge in [0.15, 0.2) is 5.16 Å². The third kappa shape index (κ3) is 3.61. The summed E-state index contributed by atoms with van der Waals surface area (Å²) in [6.07, 6.45) is 6.40. The monoisotopic (exact) mass is 313 g/mol. The zero-order valence-electron chi connectivity index (χ0n) is 13.1. The van der Waals surface area contributed by atoms with E-state index in [1.165, 1.54) is 43.2 Å². The number of anilines is 1. The van der Waals surface area contributed by atoms with E-state index in [0.717, 1.165) is 16.6 Å². The smallest absolute Gasteiger partial charge is 0.190 e. The lowest BCUT2D eigenvalue weighted by Gasteiger charge is -2.24. The van der Waals surface area contributed by atoms with E-state index in [4.69, 9.17) is 10.7 Å². The molecule has 1 aromatic carbocycles. The van der Waals surface area contributed by atoms with Crippen molar-refractivity contribution in [3.05, 3.63) is 47.2 Å². The van der Waals surface area contributed by atoms with E-state index in [0.29, 0.717) is 11.7 Å². The van der Waals surface area contributed by atoms with Crippen LogP contribution in [0.1, 0.15) is 54.8 Å². The topological polar surface area (TPSA) is 51.8 Å². The molecule has 3 rings (SSSR count). The van der Waals surface area contributed by atoms with Gasteiger partial charge in [0.05, 0.1) is 0 Å². The van der Waals surface area contributed by atoms with E-state index in [1.54, 1.807) is 11.8 Å². The molecule has 0 bridgehead atoms. The quantitative estimate of drug-likeness (QED) is 0.656. The lowest BCUT2D eigenvalue weighted by molar-refractivity contribution is 0.441. The van der Waals surface area contributed by atoms with Gasteiger partial charge in [-0.25, -0.2) is 9.97 Å². The van der Waals surface area contributed by atoms with Gasteiger partial charge in [0, 0.05) is 17.0 Å². The van der Waals surface area contributed by atoms with Crippen molar-refractivity contribution < 1.29 is 0 Å². The van der Waals surface area contributed by atoms with Gasteiger partial charge >= 0.3 is 0 Å². The second-order valence-electron chi connectivity index (χ2n) is 6.00. The van der Waals surface area contributed by atoms with Gasteiger partial charge in [-0.3, -0.25) is 0 Å². The number of hydrogen-bond acceptors (Lipinski definition) is 4. The average Bonchev–Trinajstić information content (AvgIpc) is 2.54. The van der Waals surface area contributed by atoms with Crippen LogP contribution in [0, 0.1) is 6.92 Å². The molecular weight excluding hydrogens is 290 g/mol. The summed E-state index contributed by atoms with van der Waals surface area (Å²) in [6.45, 7) is 2.08. The highest BCUT2D eigenvalue weighted by molar-refractivity contribution is 7.98. The highest BCUT2D eigenvalue weighted by Crippen LogP contribution is 2.37. The summed E-state index contributed by atoms with van der Waals surface area (Å²) in [5.41, 5.74) is 9.80. The molecule has 0 unspecified atom stereocenters. The lowest BCUT2D eigenvalue weighted by Crippen LogP contribution is -2.12. The van der Waals surface area contributed by atoms with Crippen molar-refractivity contribution in [2.24, 2.45) is 0 Å². The number of nitrogens with zero attached hydrogens (tertiary/aromatic N) is 2. The van der Waals surface area contributed by atoms with Crippen LogP contribution in [0.4, 0.5) is 5.82 Å². The molecule has 1 heterocycles. The van der Waals surface area contributed by atoms with Crippen LogP contribution >= 0.6 is 11.8 Å². The van der Waals surface area contributed by atoms with Gasteiger partial charge in [-0.05, 0) is 31.2 Å². The third-order valence-corrected chi connectivity index (χ3v) is 5.29. The molecule has 1 aliphatic carbocycles. The molecule has 1 saturated carbocycles. The Labute approximate surface area is 136 Å². The van der Waals surface area contributed by atoms with Crippen molar-refractivity contribution in [2.75, 3.05) is 5.73 Å². The minimum atomic E-state index is 0.557. The van der Waals surface area contributed by atoms with Crippen LogP contribution in [0.3, 0.4) is 0 Å². The summed E-state index contributed by atoms with van der Waals surface area (Å²) in [4.78, 5) is 9.25. The van der Waals surface area contributed by atoms with Crippen LogP contribution in [0.2, 0.25) is 0 Å². The predicted molar refractivity (Wildman–Crippen MR) is 93.0 cm³/mol. The van der Waals surface area contributed by atoms with Gasteiger partial charge in [-0.1, -0.05) is 61.4 Å². The molecular formula is C18H23N3S. The Morgan fingerprint density at radius 2 is 1.82 bits per heavy atom. The van der Waals surface area contributed by atoms with Crippen molar-refractivity contribution in [1.82, 2.24) is 9.97 Å². The number of nitrogens with two attached hydrogens (primary N) is 1. The van der Waals surface area contributed by atoms with Gasteiger partial charge in [-0.2, -0.15) is 0 Å². The lowest BCUT2D eigenvalue weighted by atomic mass is 9.83. The van der Waals surface area contributed by atoms with Crippen LogP contribution < -0.4 is 5.73 Å². The Morgan fingerprint density at radius 3 is 2.50 bits per heavy atom. The molecule has 2 N–H and O–H groups in total. The number of aromatic nitrogens is 2. The standard InChI is InChI=1S/C18H23N3S/c1-13-16(15-10-6-3-7-11-15)17(19)21-18(20-13)22-12-14-8-4-2-5-9-14/h2,4-5,8-9,15H,3,6-7,10-12H2,1H3,(H2,19,20,21). The predicted octanol–water partition coefficient (Wildman–Crippen LogP) is 4.71. The Balaban J connectivity index is 1.74. The number of rotatable bonds is 4. The van der Waals surface area contributed by atoms with Crippen molar-refractivity contribution >= 4 is 17.6 Å². The van der Waals surface area contributed by atoms with Crippen molar-refractivity contribution in [3.8, 4) is 0 Å². The first kappa shape index (κ1) is 15.3. The van der Waals surface area contributed by atoms with E-state index in [-0.39, 0.29) is 0 Å². The molecule has 0 amide bonds. The number of nitrogen functional groups attached to an aromatic ring is 1. The van der Waals surface area contributed by atoms with Gasteiger partial charge in [-0.15, -0.1) is 0 Å². The molecule has 1 fully saturated rings. The fourth-order valence-corrected chi connectivity index (χ4v) is 4.11. The molecule has 0 aliphatic heterocycles. The maximum Gasteiger partial charge on any atom is 0.190 e. The molecule has 1 aromatic heterocycles. The second kappa shape index (κ2) is 7.14. The van der Waals surface area contributed by atoms with Crippen LogP contribution in [0.25, 0.3) is 0 Å². The van der Waals surface area contributed by atoms with E-state index < -0.39 is 0 Å². The minimum absolute atomic E-state index is 0.557. The molecule has 0 radical (unpaired) electrons. The van der Waals surface area contributed by atoms with Crippen molar-refractivity contribution in [2.45, 2.75) is 55.9 Å². The summed E-state index contributed by atoms with van der Waals surface area (Å²) >= 11 is 1.65. The zero-order valence-corrected chi connectivity index (χ0v) is 13.9. The molecule has 116 valence electrons. The van der Waals surface area contributed by atoms with E-state index in [9.17, 15) is 0 Å². The van der Waals surface area contributed by atoms with Crippen LogP contribution in [0.15, 0.2) is 35.5 Å². The fraction of sp³-hybridized carbons (Fsp3) is 0.444. The highest BCUT2D eigenvalue weighted by Gasteiger charge is 2.21. The summed E-state index contributed by atoms with van der Waals surface area (Å²) < 4.78 is 0. The van der Waals surface area contributed by atoms with Crippen LogP contribution in [-0.4, -0.2) is 9.97 Å². The first-order valence-corrected chi connectivity index (χ1v) is 9.03. The maximum atomic E-state index is 6.26. The molecule has 2 aromatic rings. The minimum Gasteiger partial charge on any atom is -0.383 e. The third-order valence-electron chi connectivity index (χ3n) is 4.37. The average molecular weight is 313 g/mol. The Kier molecular flexibility index (Phi) is 4.98. The zero-order chi connectivity index (χ0) is 15.4. The number of aryl methyl sites for hydroxylation is 1. The van der Waals surface area contributed by atoms with Crippen LogP contribution in [0.5, 0.6) is 0 Å². The second-order valence-corrected chi connectivity index (χ2v) is 6.94. The summed E-state index contributed by atoms with van der Waals surface area (Å²) in [5.74, 6) is 2.12. The molecule has 1 aliphatic rings. The molecule has 0 atom stereocenters. The highest BCUT2D eigenvalue weighted by atomic mass is 32.2. The van der Waals surface area contributed by atoms with Crippen LogP contribution in [-0.2, 0) is 5.75 Å². The SMILES string of the molecule is Cc1nc(SCc2ccccc2)nc(N)c1C1CCCCC1. The van der Waals surface area contributed by atoms with Crippen molar-refractivity contribution in [3.63, 3.8) is 0 Å². The van der Waals surface area contributed by atoms with Gasteiger partial charge in [0.2, 0.25) is 0 Å². The first-order valence-electron chi connectivity index (χ1n) is 8.05. The number of hydrogen-bond donors (Lipinski definition) is 1. The molecule has 22 heavy (non-hydrogen) atoms. The largest absolute Gasteiger partial charge is 0.383 e. The van der Waals surface area contributed by atoms with Crippen molar-refractivity contribution in [1.29, 1.82) is 0 Å². The van der Waals surface area contributed by atoms with Gasteiger partial charge in [0.1, 0.15) is 5.82 Å².